The van der Waals surface area contributed by atoms with Gasteiger partial charge in [-0.1, -0.05) is 6.08 Å². The van der Waals surface area contributed by atoms with Crippen molar-refractivity contribution >= 4 is 5.91 Å². The minimum Gasteiger partial charge on any atom is -0.326 e. The van der Waals surface area contributed by atoms with Gasteiger partial charge in [0.1, 0.15) is 0 Å². The molecule has 58 valence electrons. The smallest absolute Gasteiger partial charge is 0.224 e. The number of carbonyl (C=O) groups is 1. The number of allylic oxidation sites excluding steroid dienone is 3. The van der Waals surface area contributed by atoms with Crippen molar-refractivity contribution in [3.8, 4) is 0 Å². The number of carbonyl (C=O) groups excluding carboxylic acids is 1. The highest BCUT2D eigenvalue weighted by Gasteiger charge is 2.16. The van der Waals surface area contributed by atoms with Crippen molar-refractivity contribution in [1.29, 1.82) is 0 Å². The zero-order chi connectivity index (χ0) is 7.68. The van der Waals surface area contributed by atoms with Gasteiger partial charge in [-0.3, -0.25) is 4.79 Å². The Hall–Kier alpha value is -1.05. The monoisotopic (exact) mass is 149 g/mol. The summed E-state index contributed by atoms with van der Waals surface area (Å²) in [6, 6.07) is 0. The Morgan fingerprint density at radius 3 is 3.09 bits per heavy atom. The molecule has 1 N–H and O–H groups in total. The highest BCUT2D eigenvalue weighted by Crippen LogP contribution is 2.24. The van der Waals surface area contributed by atoms with Crippen LogP contribution in [0.2, 0.25) is 0 Å². The second-order valence-corrected chi connectivity index (χ2v) is 3.01. The molecule has 0 saturated heterocycles. The fourth-order valence-corrected chi connectivity index (χ4v) is 1.58. The summed E-state index contributed by atoms with van der Waals surface area (Å²) < 4.78 is 0. The maximum atomic E-state index is 10.9. The van der Waals surface area contributed by atoms with Gasteiger partial charge in [-0.05, 0) is 30.9 Å². The van der Waals surface area contributed by atoms with Crippen LogP contribution in [0.4, 0.5) is 0 Å². The molecule has 0 aromatic rings. The third-order valence-electron chi connectivity index (χ3n) is 2.21. The van der Waals surface area contributed by atoms with Crippen LogP contribution in [0.5, 0.6) is 0 Å². The standard InChI is InChI=1S/C9H11NO/c11-9-6-5-7-3-1-2-4-8(7)10-9/h2,4H,1,3,5-6H2,(H,10,11). The maximum absolute atomic E-state index is 10.9. The zero-order valence-corrected chi connectivity index (χ0v) is 6.39. The van der Waals surface area contributed by atoms with Crippen LogP contribution >= 0.6 is 0 Å². The molecular weight excluding hydrogens is 138 g/mol. The minimum atomic E-state index is 0.162. The van der Waals surface area contributed by atoms with E-state index < -0.39 is 0 Å². The Kier molecular flexibility index (Phi) is 1.53. The maximum Gasteiger partial charge on any atom is 0.224 e. The molecule has 0 atom stereocenters. The van der Waals surface area contributed by atoms with E-state index in [4.69, 9.17) is 0 Å². The Balaban J connectivity index is 2.26. The SMILES string of the molecule is O=C1CCC2=C(C=CCC2)N1. The van der Waals surface area contributed by atoms with Gasteiger partial charge in [-0.2, -0.15) is 0 Å². The predicted molar refractivity (Wildman–Crippen MR) is 42.8 cm³/mol. The fourth-order valence-electron chi connectivity index (χ4n) is 1.58. The Labute approximate surface area is 66.0 Å². The molecule has 0 aromatic carbocycles. The van der Waals surface area contributed by atoms with E-state index in [-0.39, 0.29) is 5.91 Å². The lowest BCUT2D eigenvalue weighted by Gasteiger charge is -2.21. The van der Waals surface area contributed by atoms with Crippen molar-refractivity contribution in [3.63, 3.8) is 0 Å². The summed E-state index contributed by atoms with van der Waals surface area (Å²) >= 11 is 0. The van der Waals surface area contributed by atoms with E-state index >= 15 is 0 Å². The molecule has 0 unspecified atom stereocenters. The molecule has 0 saturated carbocycles. The molecule has 2 heteroatoms. The molecule has 1 amide bonds. The van der Waals surface area contributed by atoms with Crippen LogP contribution in [0.15, 0.2) is 23.4 Å². The summed E-state index contributed by atoms with van der Waals surface area (Å²) in [5.41, 5.74) is 2.49. The summed E-state index contributed by atoms with van der Waals surface area (Å²) in [5, 5.41) is 2.87. The topological polar surface area (TPSA) is 29.1 Å². The van der Waals surface area contributed by atoms with Gasteiger partial charge >= 0.3 is 0 Å². The molecular formula is C9H11NO. The van der Waals surface area contributed by atoms with Crippen LogP contribution in [-0.2, 0) is 4.79 Å². The number of nitrogens with one attached hydrogen (secondary N) is 1. The number of hydrogen-bond donors (Lipinski definition) is 1. The van der Waals surface area contributed by atoms with Crippen LogP contribution < -0.4 is 5.32 Å². The van der Waals surface area contributed by atoms with Crippen LogP contribution in [0, 0.1) is 0 Å². The van der Waals surface area contributed by atoms with E-state index in [2.05, 4.69) is 11.4 Å². The van der Waals surface area contributed by atoms with Crippen LogP contribution in [0.1, 0.15) is 25.7 Å². The average Bonchev–Trinajstić information content (AvgIpc) is 2.04. The molecule has 0 radical (unpaired) electrons. The van der Waals surface area contributed by atoms with Crippen LogP contribution in [0.25, 0.3) is 0 Å². The van der Waals surface area contributed by atoms with Crippen molar-refractivity contribution < 1.29 is 4.79 Å². The van der Waals surface area contributed by atoms with E-state index in [9.17, 15) is 4.79 Å². The van der Waals surface area contributed by atoms with Gasteiger partial charge in [-0.25, -0.2) is 0 Å². The molecule has 0 spiro atoms. The Morgan fingerprint density at radius 2 is 2.18 bits per heavy atom. The first-order valence-electron chi connectivity index (χ1n) is 4.05. The highest BCUT2D eigenvalue weighted by molar-refractivity contribution is 5.80. The predicted octanol–water partition coefficient (Wildman–Crippen LogP) is 1.50. The van der Waals surface area contributed by atoms with Gasteiger partial charge in [0.05, 0.1) is 0 Å². The third kappa shape index (κ3) is 1.20. The van der Waals surface area contributed by atoms with Crippen LogP contribution in [-0.4, -0.2) is 5.91 Å². The normalized spacial score (nSPS) is 23.1. The van der Waals surface area contributed by atoms with E-state index in [1.807, 2.05) is 6.08 Å². The van der Waals surface area contributed by atoms with Crippen molar-refractivity contribution in [1.82, 2.24) is 5.32 Å². The van der Waals surface area contributed by atoms with E-state index in [1.54, 1.807) is 0 Å². The summed E-state index contributed by atoms with van der Waals surface area (Å²) in [6.07, 6.45) is 8.04. The quantitative estimate of drug-likeness (QED) is 0.555. The summed E-state index contributed by atoms with van der Waals surface area (Å²) in [5.74, 6) is 0.162. The first kappa shape index (κ1) is 6.65. The second kappa shape index (κ2) is 2.53. The second-order valence-electron chi connectivity index (χ2n) is 3.01. The molecule has 2 aliphatic rings. The molecule has 0 fully saturated rings. The van der Waals surface area contributed by atoms with Gasteiger partial charge in [0.25, 0.3) is 0 Å². The molecule has 1 heterocycles. The lowest BCUT2D eigenvalue weighted by Crippen LogP contribution is -2.27. The summed E-state index contributed by atoms with van der Waals surface area (Å²) in [4.78, 5) is 10.9. The van der Waals surface area contributed by atoms with Crippen molar-refractivity contribution in [3.05, 3.63) is 23.4 Å². The first-order valence-corrected chi connectivity index (χ1v) is 4.05. The summed E-state index contributed by atoms with van der Waals surface area (Å²) in [7, 11) is 0. The zero-order valence-electron chi connectivity index (χ0n) is 6.39. The molecule has 11 heavy (non-hydrogen) atoms. The molecule has 1 aliphatic carbocycles. The molecule has 2 nitrogen and oxygen atoms in total. The highest BCUT2D eigenvalue weighted by atomic mass is 16.1. The Morgan fingerprint density at radius 1 is 1.27 bits per heavy atom. The van der Waals surface area contributed by atoms with Crippen molar-refractivity contribution in [2.24, 2.45) is 0 Å². The van der Waals surface area contributed by atoms with E-state index in [0.717, 1.165) is 25.0 Å². The van der Waals surface area contributed by atoms with Crippen molar-refractivity contribution in [2.75, 3.05) is 0 Å². The van der Waals surface area contributed by atoms with Crippen LogP contribution in [0.3, 0.4) is 0 Å². The molecule has 1 aliphatic heterocycles. The van der Waals surface area contributed by atoms with Gasteiger partial charge in [0, 0.05) is 12.1 Å². The first-order chi connectivity index (χ1) is 5.36. The minimum absolute atomic E-state index is 0.162. The Bertz CT molecular complexity index is 250. The van der Waals surface area contributed by atoms with E-state index in [1.165, 1.54) is 5.57 Å². The summed E-state index contributed by atoms with van der Waals surface area (Å²) in [6.45, 7) is 0. The van der Waals surface area contributed by atoms with Gasteiger partial charge in [0.2, 0.25) is 5.91 Å². The number of rotatable bonds is 0. The fraction of sp³-hybridized carbons (Fsp3) is 0.444. The lowest BCUT2D eigenvalue weighted by atomic mass is 9.95. The van der Waals surface area contributed by atoms with Crippen molar-refractivity contribution in [2.45, 2.75) is 25.7 Å². The largest absolute Gasteiger partial charge is 0.326 e. The third-order valence-corrected chi connectivity index (χ3v) is 2.21. The van der Waals surface area contributed by atoms with E-state index in [0.29, 0.717) is 6.42 Å². The molecule has 0 bridgehead atoms. The number of hydrogen-bond acceptors (Lipinski definition) is 1. The number of amides is 1. The molecule has 0 aromatic heterocycles. The average molecular weight is 149 g/mol. The van der Waals surface area contributed by atoms with Gasteiger partial charge in [-0.15, -0.1) is 0 Å². The van der Waals surface area contributed by atoms with Gasteiger partial charge < -0.3 is 5.32 Å². The molecule has 2 rings (SSSR count). The van der Waals surface area contributed by atoms with Gasteiger partial charge in [0.15, 0.2) is 0 Å². The lowest BCUT2D eigenvalue weighted by molar-refractivity contribution is -0.120.